The molecule has 6 nitrogen and oxygen atoms in total. The van der Waals surface area contributed by atoms with Gasteiger partial charge in [-0.15, -0.1) is 17.5 Å². The smallest absolute Gasteiger partial charge is 0.221 e. The highest BCUT2D eigenvalue weighted by Crippen LogP contribution is 2.06. The number of nitrogens with two attached hydrogens (primary N) is 1. The first-order chi connectivity index (χ1) is 5.24. The monoisotopic (exact) mass is 273 g/mol. The zero-order chi connectivity index (χ0) is 8.27. The van der Waals surface area contributed by atoms with Gasteiger partial charge in [-0.25, -0.2) is 4.68 Å². The fourth-order valence-electron chi connectivity index (χ4n) is 0.691. The van der Waals surface area contributed by atoms with Gasteiger partial charge in [0.15, 0.2) is 0 Å². The number of halogens is 2. The van der Waals surface area contributed by atoms with Crippen LogP contribution in [0.5, 0.6) is 0 Å². The van der Waals surface area contributed by atoms with Crippen LogP contribution in [0.3, 0.4) is 0 Å². The van der Waals surface area contributed by atoms with Crippen molar-refractivity contribution in [2.45, 2.75) is 0 Å². The molecule has 0 radical (unpaired) electrons. The molecule has 0 bridgehead atoms. The van der Waals surface area contributed by atoms with E-state index in [2.05, 4.69) is 31.3 Å². The summed E-state index contributed by atoms with van der Waals surface area (Å²) in [6, 6.07) is 0. The number of aromatic nitrogens is 3. The van der Waals surface area contributed by atoms with Crippen LogP contribution >= 0.6 is 28.3 Å². The lowest BCUT2D eigenvalue weighted by Crippen LogP contribution is -2.15. The van der Waals surface area contributed by atoms with Crippen molar-refractivity contribution in [3.63, 3.8) is 0 Å². The Bertz CT molecular complexity index is 243. The Balaban J connectivity index is 0. The molecular formula is C5H13BrClN5O. The number of hydrogen-bond donors (Lipinski definition) is 2. The molecule has 13 heavy (non-hydrogen) atoms. The maximum Gasteiger partial charge on any atom is 0.221 e. The molecule has 1 aromatic heterocycles. The molecule has 78 valence electrons. The van der Waals surface area contributed by atoms with Gasteiger partial charge in [-0.2, -0.15) is 4.98 Å². The summed E-state index contributed by atoms with van der Waals surface area (Å²) in [4.78, 5) is 4.05. The molecule has 0 atom stereocenters. The first-order valence-electron chi connectivity index (χ1n) is 3.24. The molecule has 0 fully saturated rings. The molecule has 1 rings (SSSR count). The quantitative estimate of drug-likeness (QED) is 0.779. The van der Waals surface area contributed by atoms with Crippen molar-refractivity contribution in [1.82, 2.24) is 14.8 Å². The van der Waals surface area contributed by atoms with Crippen LogP contribution in [0.2, 0.25) is 0 Å². The number of hydrogen-bond acceptors (Lipinski definition) is 4. The molecule has 0 aliphatic heterocycles. The van der Waals surface area contributed by atoms with E-state index in [0.29, 0.717) is 17.8 Å². The molecular weight excluding hydrogens is 261 g/mol. The zero-order valence-electron chi connectivity index (χ0n) is 7.12. The Hall–Kier alpha value is -0.370. The van der Waals surface area contributed by atoms with Crippen LogP contribution in [-0.2, 0) is 7.05 Å². The lowest BCUT2D eigenvalue weighted by atomic mass is 10.6. The SMILES string of the molecule is Cl.Cn1nc(Br)nc1NCCN.O. The number of aryl methyl sites for hydroxylation is 1. The molecule has 1 aromatic rings. The van der Waals surface area contributed by atoms with Gasteiger partial charge in [0.1, 0.15) is 0 Å². The molecule has 5 N–H and O–H groups in total. The first-order valence-corrected chi connectivity index (χ1v) is 4.04. The van der Waals surface area contributed by atoms with Gasteiger partial charge >= 0.3 is 0 Å². The summed E-state index contributed by atoms with van der Waals surface area (Å²) < 4.78 is 2.24. The van der Waals surface area contributed by atoms with Crippen molar-refractivity contribution < 1.29 is 5.48 Å². The van der Waals surface area contributed by atoms with Crippen molar-refractivity contribution in [2.24, 2.45) is 12.8 Å². The van der Waals surface area contributed by atoms with E-state index in [9.17, 15) is 0 Å². The Labute approximate surface area is 90.7 Å². The lowest BCUT2D eigenvalue weighted by molar-refractivity contribution is 0.761. The van der Waals surface area contributed by atoms with Crippen molar-refractivity contribution in [2.75, 3.05) is 18.4 Å². The number of anilines is 1. The Morgan fingerprint density at radius 2 is 2.23 bits per heavy atom. The summed E-state index contributed by atoms with van der Waals surface area (Å²) in [6.07, 6.45) is 0. The predicted octanol–water partition coefficient (Wildman–Crippen LogP) is -0.455. The highest BCUT2D eigenvalue weighted by Gasteiger charge is 2.01. The second-order valence-electron chi connectivity index (χ2n) is 2.04. The van der Waals surface area contributed by atoms with Gasteiger partial charge in [0, 0.05) is 20.1 Å². The third kappa shape index (κ3) is 4.41. The standard InChI is InChI=1S/C5H10BrN5.ClH.H2O/c1-11-5(8-3-2-7)9-4(6)10-11;;/h2-3,7H2,1H3,(H,8,9,10);1H;1H2. The van der Waals surface area contributed by atoms with E-state index in [0.717, 1.165) is 5.95 Å². The van der Waals surface area contributed by atoms with Crippen molar-refractivity contribution in [1.29, 1.82) is 0 Å². The molecule has 1 heterocycles. The highest BCUT2D eigenvalue weighted by molar-refractivity contribution is 9.10. The van der Waals surface area contributed by atoms with Crippen molar-refractivity contribution in [3.05, 3.63) is 4.73 Å². The number of nitrogens with one attached hydrogen (secondary N) is 1. The van der Waals surface area contributed by atoms with E-state index in [1.165, 1.54) is 0 Å². The Morgan fingerprint density at radius 1 is 1.62 bits per heavy atom. The molecule has 0 unspecified atom stereocenters. The van der Waals surface area contributed by atoms with E-state index >= 15 is 0 Å². The minimum Gasteiger partial charge on any atom is -0.412 e. The molecule has 0 saturated heterocycles. The third-order valence-electron chi connectivity index (χ3n) is 1.16. The lowest BCUT2D eigenvalue weighted by Gasteiger charge is -2.00. The Kier molecular flexibility index (Phi) is 8.23. The van der Waals surface area contributed by atoms with Gasteiger partial charge in [0.25, 0.3) is 0 Å². The first kappa shape index (κ1) is 15.1. The van der Waals surface area contributed by atoms with Crippen molar-refractivity contribution >= 4 is 34.3 Å². The fraction of sp³-hybridized carbons (Fsp3) is 0.600. The normalized spacial score (nSPS) is 8.54. The van der Waals surface area contributed by atoms with Crippen LogP contribution in [0.1, 0.15) is 0 Å². The van der Waals surface area contributed by atoms with Gasteiger partial charge in [-0.05, 0) is 15.9 Å². The number of nitrogens with zero attached hydrogens (tertiary/aromatic N) is 3. The summed E-state index contributed by atoms with van der Waals surface area (Å²) in [6.45, 7) is 1.30. The maximum absolute atomic E-state index is 5.30. The fourth-order valence-corrected chi connectivity index (χ4v) is 1.10. The van der Waals surface area contributed by atoms with Crippen LogP contribution in [0.4, 0.5) is 5.95 Å². The number of rotatable bonds is 3. The van der Waals surface area contributed by atoms with Crippen molar-refractivity contribution in [3.8, 4) is 0 Å². The van der Waals surface area contributed by atoms with E-state index < -0.39 is 0 Å². The highest BCUT2D eigenvalue weighted by atomic mass is 79.9. The molecule has 0 aromatic carbocycles. The largest absolute Gasteiger partial charge is 0.412 e. The average molecular weight is 275 g/mol. The van der Waals surface area contributed by atoms with Crippen LogP contribution in [-0.4, -0.2) is 33.3 Å². The van der Waals surface area contributed by atoms with Gasteiger partial charge in [0.2, 0.25) is 10.7 Å². The van der Waals surface area contributed by atoms with Crippen LogP contribution < -0.4 is 11.1 Å². The van der Waals surface area contributed by atoms with Crippen LogP contribution in [0.25, 0.3) is 0 Å². The summed E-state index contributed by atoms with van der Waals surface area (Å²) in [7, 11) is 1.82. The topological polar surface area (TPSA) is 100 Å². The van der Waals surface area contributed by atoms with Crippen LogP contribution in [0, 0.1) is 0 Å². The van der Waals surface area contributed by atoms with Gasteiger partial charge in [-0.1, -0.05) is 0 Å². The molecule has 0 saturated carbocycles. The van der Waals surface area contributed by atoms with Gasteiger partial charge in [0.05, 0.1) is 0 Å². The summed E-state index contributed by atoms with van der Waals surface area (Å²) >= 11 is 3.16. The van der Waals surface area contributed by atoms with E-state index in [1.54, 1.807) is 4.68 Å². The van der Waals surface area contributed by atoms with Gasteiger partial charge in [-0.3, -0.25) is 0 Å². The summed E-state index contributed by atoms with van der Waals surface area (Å²) in [5.74, 6) is 0.724. The second-order valence-corrected chi connectivity index (χ2v) is 2.75. The molecule has 8 heteroatoms. The molecule has 0 spiro atoms. The van der Waals surface area contributed by atoms with E-state index in [-0.39, 0.29) is 17.9 Å². The molecule has 0 aliphatic carbocycles. The maximum atomic E-state index is 5.30. The summed E-state index contributed by atoms with van der Waals surface area (Å²) in [5.41, 5.74) is 5.30. The van der Waals surface area contributed by atoms with Gasteiger partial charge < -0.3 is 16.5 Å². The van der Waals surface area contributed by atoms with E-state index in [4.69, 9.17) is 5.73 Å². The third-order valence-corrected chi connectivity index (χ3v) is 1.50. The second kappa shape index (κ2) is 7.07. The van der Waals surface area contributed by atoms with E-state index in [1.807, 2.05) is 7.05 Å². The minimum absolute atomic E-state index is 0. The Morgan fingerprint density at radius 3 is 2.62 bits per heavy atom. The van der Waals surface area contributed by atoms with Crippen LogP contribution in [0.15, 0.2) is 4.73 Å². The predicted molar refractivity (Wildman–Crippen MR) is 57.1 cm³/mol. The average Bonchev–Trinajstić information content (AvgIpc) is 2.26. The minimum atomic E-state index is 0. The zero-order valence-corrected chi connectivity index (χ0v) is 9.52. The summed E-state index contributed by atoms with van der Waals surface area (Å²) in [5, 5.41) is 7.00. The molecule has 0 amide bonds. The molecule has 0 aliphatic rings.